The summed E-state index contributed by atoms with van der Waals surface area (Å²) in [6.45, 7) is 3.93. The van der Waals surface area contributed by atoms with E-state index in [-0.39, 0.29) is 17.1 Å². The molecule has 1 atom stereocenters. The van der Waals surface area contributed by atoms with Crippen LogP contribution < -0.4 is 10.6 Å². The van der Waals surface area contributed by atoms with Crippen LogP contribution in [0.15, 0.2) is 46.7 Å². The SMILES string of the molecule is CC(=O)Nc1ccc(S[C@@H](C)C(=O)NCc2cccs2)cc1. The highest BCUT2D eigenvalue weighted by atomic mass is 32.2. The molecular formula is C16H18N2O2S2. The molecule has 1 heterocycles. The minimum atomic E-state index is -0.174. The van der Waals surface area contributed by atoms with Gasteiger partial charge in [-0.2, -0.15) is 0 Å². The fraction of sp³-hybridized carbons (Fsp3) is 0.250. The number of thioether (sulfide) groups is 1. The molecule has 2 aromatic rings. The molecule has 0 spiro atoms. The molecule has 0 saturated heterocycles. The average molecular weight is 334 g/mol. The molecule has 0 fully saturated rings. The van der Waals surface area contributed by atoms with Gasteiger partial charge in [0.2, 0.25) is 11.8 Å². The molecule has 2 N–H and O–H groups in total. The lowest BCUT2D eigenvalue weighted by atomic mass is 10.3. The van der Waals surface area contributed by atoms with E-state index in [1.807, 2.05) is 48.7 Å². The van der Waals surface area contributed by atoms with Gasteiger partial charge < -0.3 is 10.6 Å². The van der Waals surface area contributed by atoms with Crippen molar-refractivity contribution in [3.63, 3.8) is 0 Å². The topological polar surface area (TPSA) is 58.2 Å². The van der Waals surface area contributed by atoms with Crippen LogP contribution in [0, 0.1) is 0 Å². The number of thiophene rings is 1. The Hall–Kier alpha value is -1.79. The lowest BCUT2D eigenvalue weighted by Crippen LogP contribution is -2.30. The number of anilines is 1. The largest absolute Gasteiger partial charge is 0.350 e. The molecule has 4 nitrogen and oxygen atoms in total. The van der Waals surface area contributed by atoms with Gasteiger partial charge >= 0.3 is 0 Å². The van der Waals surface area contributed by atoms with Gasteiger partial charge in [0.25, 0.3) is 0 Å². The predicted octanol–water partition coefficient (Wildman–Crippen LogP) is 3.50. The molecule has 116 valence electrons. The molecule has 2 amide bonds. The Morgan fingerprint density at radius 2 is 1.95 bits per heavy atom. The van der Waals surface area contributed by atoms with Crippen molar-refractivity contribution in [2.45, 2.75) is 30.5 Å². The van der Waals surface area contributed by atoms with Crippen LogP contribution in [0.4, 0.5) is 5.69 Å². The summed E-state index contributed by atoms with van der Waals surface area (Å²) in [4.78, 5) is 25.2. The first-order chi connectivity index (χ1) is 10.5. The van der Waals surface area contributed by atoms with Crippen LogP contribution in [-0.4, -0.2) is 17.1 Å². The lowest BCUT2D eigenvalue weighted by molar-refractivity contribution is -0.120. The number of amides is 2. The second kappa shape index (κ2) is 8.00. The summed E-state index contributed by atoms with van der Waals surface area (Å²) in [7, 11) is 0. The first-order valence-electron chi connectivity index (χ1n) is 6.89. The van der Waals surface area contributed by atoms with Crippen LogP contribution in [0.3, 0.4) is 0 Å². The number of nitrogens with one attached hydrogen (secondary N) is 2. The van der Waals surface area contributed by atoms with Gasteiger partial charge in [-0.05, 0) is 42.6 Å². The Morgan fingerprint density at radius 1 is 1.23 bits per heavy atom. The van der Waals surface area contributed by atoms with E-state index in [2.05, 4.69) is 10.6 Å². The third-order valence-corrected chi connectivity index (χ3v) is 4.86. The van der Waals surface area contributed by atoms with Gasteiger partial charge in [-0.25, -0.2) is 0 Å². The Morgan fingerprint density at radius 3 is 2.55 bits per heavy atom. The zero-order chi connectivity index (χ0) is 15.9. The number of carbonyl (C=O) groups excluding carboxylic acids is 2. The van der Waals surface area contributed by atoms with Crippen LogP contribution in [0.5, 0.6) is 0 Å². The maximum absolute atomic E-state index is 12.1. The molecule has 0 aliphatic carbocycles. The molecule has 6 heteroatoms. The zero-order valence-corrected chi connectivity index (χ0v) is 14.1. The maximum Gasteiger partial charge on any atom is 0.233 e. The number of rotatable bonds is 6. The van der Waals surface area contributed by atoms with Crippen molar-refractivity contribution in [1.29, 1.82) is 0 Å². The zero-order valence-electron chi connectivity index (χ0n) is 12.5. The maximum atomic E-state index is 12.1. The van der Waals surface area contributed by atoms with E-state index in [0.717, 1.165) is 15.5 Å². The second-order valence-corrected chi connectivity index (χ2v) is 7.21. The Bertz CT molecular complexity index is 624. The van der Waals surface area contributed by atoms with Crippen molar-refractivity contribution < 1.29 is 9.59 Å². The van der Waals surface area contributed by atoms with E-state index in [4.69, 9.17) is 0 Å². The van der Waals surface area contributed by atoms with E-state index < -0.39 is 0 Å². The van der Waals surface area contributed by atoms with Crippen molar-refractivity contribution in [3.05, 3.63) is 46.7 Å². The standard InChI is InChI=1S/C16H18N2O2S2/c1-11(16(20)17-10-15-4-3-9-21-15)22-14-7-5-13(6-8-14)18-12(2)19/h3-9,11H,10H2,1-2H3,(H,17,20)(H,18,19)/t11-/m0/s1. The van der Waals surface area contributed by atoms with Crippen LogP contribution in [0.1, 0.15) is 18.7 Å². The molecule has 0 unspecified atom stereocenters. The van der Waals surface area contributed by atoms with Gasteiger partial charge in [0.05, 0.1) is 11.8 Å². The van der Waals surface area contributed by atoms with Crippen molar-refractivity contribution in [3.8, 4) is 0 Å². The van der Waals surface area contributed by atoms with Crippen molar-refractivity contribution in [2.75, 3.05) is 5.32 Å². The molecule has 0 aliphatic heterocycles. The normalized spacial score (nSPS) is 11.7. The molecule has 0 bridgehead atoms. The monoisotopic (exact) mass is 334 g/mol. The molecule has 1 aromatic carbocycles. The summed E-state index contributed by atoms with van der Waals surface area (Å²) < 4.78 is 0. The minimum absolute atomic E-state index is 0.0179. The third-order valence-electron chi connectivity index (χ3n) is 2.87. The van der Waals surface area contributed by atoms with E-state index in [1.54, 1.807) is 11.3 Å². The first-order valence-corrected chi connectivity index (χ1v) is 8.65. The molecule has 22 heavy (non-hydrogen) atoms. The predicted molar refractivity (Wildman–Crippen MR) is 92.2 cm³/mol. The third kappa shape index (κ3) is 5.20. The number of hydrogen-bond acceptors (Lipinski definition) is 4. The highest BCUT2D eigenvalue weighted by Crippen LogP contribution is 2.25. The summed E-state index contributed by atoms with van der Waals surface area (Å²) in [5.41, 5.74) is 0.756. The smallest absolute Gasteiger partial charge is 0.233 e. The van der Waals surface area contributed by atoms with Gasteiger partial charge in [-0.15, -0.1) is 23.1 Å². The molecule has 0 saturated carbocycles. The minimum Gasteiger partial charge on any atom is -0.350 e. The quantitative estimate of drug-likeness (QED) is 0.795. The fourth-order valence-electron chi connectivity index (χ4n) is 1.81. The second-order valence-electron chi connectivity index (χ2n) is 4.76. The Balaban J connectivity index is 1.83. The Kier molecular flexibility index (Phi) is 6.03. The van der Waals surface area contributed by atoms with E-state index in [9.17, 15) is 9.59 Å². The average Bonchev–Trinajstić information content (AvgIpc) is 2.99. The Labute approximate surface area is 138 Å². The molecule has 2 rings (SSSR count). The van der Waals surface area contributed by atoms with Gasteiger partial charge in [-0.1, -0.05) is 6.07 Å². The molecule has 0 aliphatic rings. The van der Waals surface area contributed by atoms with Crippen LogP contribution in [-0.2, 0) is 16.1 Å². The number of carbonyl (C=O) groups is 2. The van der Waals surface area contributed by atoms with E-state index in [1.165, 1.54) is 18.7 Å². The van der Waals surface area contributed by atoms with Crippen molar-refractivity contribution >= 4 is 40.6 Å². The highest BCUT2D eigenvalue weighted by molar-refractivity contribution is 8.00. The van der Waals surface area contributed by atoms with Crippen LogP contribution in [0.2, 0.25) is 0 Å². The summed E-state index contributed by atoms with van der Waals surface area (Å²) in [6.07, 6.45) is 0. The van der Waals surface area contributed by atoms with Gasteiger partial charge in [0.1, 0.15) is 0 Å². The van der Waals surface area contributed by atoms with Gasteiger partial charge in [-0.3, -0.25) is 9.59 Å². The number of benzene rings is 1. The van der Waals surface area contributed by atoms with Crippen LogP contribution in [0.25, 0.3) is 0 Å². The summed E-state index contributed by atoms with van der Waals surface area (Å²) in [5.74, 6) is -0.0777. The summed E-state index contributed by atoms with van der Waals surface area (Å²) in [6, 6.07) is 11.4. The first kappa shape index (κ1) is 16.6. The highest BCUT2D eigenvalue weighted by Gasteiger charge is 2.14. The molecule has 0 radical (unpaired) electrons. The van der Waals surface area contributed by atoms with E-state index in [0.29, 0.717) is 6.54 Å². The summed E-state index contributed by atoms with van der Waals surface area (Å²) >= 11 is 3.13. The number of hydrogen-bond donors (Lipinski definition) is 2. The van der Waals surface area contributed by atoms with Gasteiger partial charge in [0.15, 0.2) is 0 Å². The lowest BCUT2D eigenvalue weighted by Gasteiger charge is -2.12. The van der Waals surface area contributed by atoms with Crippen LogP contribution >= 0.6 is 23.1 Å². The van der Waals surface area contributed by atoms with Crippen molar-refractivity contribution in [2.24, 2.45) is 0 Å². The van der Waals surface area contributed by atoms with E-state index >= 15 is 0 Å². The van der Waals surface area contributed by atoms with Gasteiger partial charge in [0, 0.05) is 22.4 Å². The summed E-state index contributed by atoms with van der Waals surface area (Å²) in [5, 5.41) is 7.48. The van der Waals surface area contributed by atoms with Crippen molar-refractivity contribution in [1.82, 2.24) is 5.32 Å². The molecular weight excluding hydrogens is 316 g/mol. The fourth-order valence-corrected chi connectivity index (χ4v) is 3.35. The molecule has 1 aromatic heterocycles.